The summed E-state index contributed by atoms with van der Waals surface area (Å²) in [5.41, 5.74) is 1.77. The minimum absolute atomic E-state index is 0.271. The molecule has 0 N–H and O–H groups in total. The summed E-state index contributed by atoms with van der Waals surface area (Å²) in [6.45, 7) is 0.271. The molecule has 0 bridgehead atoms. The fraction of sp³-hybridized carbons (Fsp3) is 0.0714. The number of rotatable bonds is 2. The van der Waals surface area contributed by atoms with Gasteiger partial charge in [-0.2, -0.15) is 0 Å². The number of ketones is 1. The molecule has 100 valence electrons. The lowest BCUT2D eigenvalue weighted by Crippen LogP contribution is -2.29. The minimum Gasteiger partial charge on any atom is -0.298 e. The third-order valence-electron chi connectivity index (χ3n) is 3.05. The molecule has 6 heteroatoms. The van der Waals surface area contributed by atoms with Crippen molar-refractivity contribution in [3.8, 4) is 0 Å². The van der Waals surface area contributed by atoms with Gasteiger partial charge in [-0.3, -0.25) is 19.5 Å². The van der Waals surface area contributed by atoms with Crippen LogP contribution >= 0.6 is 31.9 Å². The van der Waals surface area contributed by atoms with Gasteiger partial charge in [0.1, 0.15) is 0 Å². The van der Waals surface area contributed by atoms with Crippen LogP contribution in [-0.4, -0.2) is 16.7 Å². The smallest absolute Gasteiger partial charge is 0.298 e. The first-order valence-corrected chi connectivity index (χ1v) is 7.41. The maximum atomic E-state index is 12.1. The van der Waals surface area contributed by atoms with E-state index in [0.717, 1.165) is 14.6 Å². The van der Waals surface area contributed by atoms with Crippen LogP contribution in [0.2, 0.25) is 0 Å². The Hall–Kier alpha value is -1.53. The van der Waals surface area contributed by atoms with E-state index < -0.39 is 11.7 Å². The predicted octanol–water partition coefficient (Wildman–Crippen LogP) is 3.34. The monoisotopic (exact) mass is 394 g/mol. The number of Topliss-reactive ketones (excluding diaryl/α,β-unsaturated/α-hetero) is 1. The number of fused-ring (bicyclic) bond motifs is 1. The van der Waals surface area contributed by atoms with Crippen molar-refractivity contribution in [3.63, 3.8) is 0 Å². The van der Waals surface area contributed by atoms with Crippen LogP contribution in [-0.2, 0) is 11.3 Å². The van der Waals surface area contributed by atoms with Crippen LogP contribution in [0.4, 0.5) is 5.69 Å². The zero-order valence-electron chi connectivity index (χ0n) is 10.1. The second-order valence-corrected chi connectivity index (χ2v) is 6.09. The average Bonchev–Trinajstić information content (AvgIpc) is 2.68. The average molecular weight is 396 g/mol. The molecule has 1 aliphatic heterocycles. The van der Waals surface area contributed by atoms with E-state index in [9.17, 15) is 9.59 Å². The van der Waals surface area contributed by atoms with Gasteiger partial charge < -0.3 is 0 Å². The summed E-state index contributed by atoms with van der Waals surface area (Å²) in [5.74, 6) is -0.991. The molecule has 0 saturated heterocycles. The molecule has 1 aliphatic rings. The largest absolute Gasteiger partial charge is 0.299 e. The molecule has 1 aromatic carbocycles. The van der Waals surface area contributed by atoms with Crippen LogP contribution in [0.15, 0.2) is 45.5 Å². The van der Waals surface area contributed by atoms with Gasteiger partial charge in [-0.1, -0.05) is 6.07 Å². The number of pyridine rings is 1. The summed E-state index contributed by atoms with van der Waals surface area (Å²) in [7, 11) is 0. The van der Waals surface area contributed by atoms with Gasteiger partial charge in [-0.05, 0) is 56.1 Å². The Labute approximate surface area is 132 Å². The second-order valence-electron chi connectivity index (χ2n) is 4.32. The number of benzene rings is 1. The van der Waals surface area contributed by atoms with Gasteiger partial charge in [0.05, 0.1) is 23.5 Å². The Morgan fingerprint density at radius 2 is 1.90 bits per heavy atom. The number of carbonyl (C=O) groups is 2. The minimum atomic E-state index is -0.517. The lowest BCUT2D eigenvalue weighted by Gasteiger charge is -2.17. The zero-order chi connectivity index (χ0) is 14.3. The van der Waals surface area contributed by atoms with Crippen LogP contribution in [0.3, 0.4) is 0 Å². The number of hydrogen-bond donors (Lipinski definition) is 0. The molecule has 0 fully saturated rings. The van der Waals surface area contributed by atoms with Gasteiger partial charge >= 0.3 is 0 Å². The SMILES string of the molecule is O=C1C(=O)N(Cc2ccc(Br)cn2)c2c(Br)cccc21. The molecule has 0 atom stereocenters. The number of nitrogens with zero attached hydrogens (tertiary/aromatic N) is 2. The summed E-state index contributed by atoms with van der Waals surface area (Å²) in [5, 5.41) is 0. The fourth-order valence-electron chi connectivity index (χ4n) is 2.13. The number of aromatic nitrogens is 1. The second kappa shape index (κ2) is 5.10. The first kappa shape index (κ1) is 13.5. The van der Waals surface area contributed by atoms with Gasteiger partial charge in [0.15, 0.2) is 0 Å². The van der Waals surface area contributed by atoms with Crippen LogP contribution in [0.25, 0.3) is 0 Å². The van der Waals surface area contributed by atoms with Crippen molar-refractivity contribution in [1.82, 2.24) is 4.98 Å². The number of anilines is 1. The summed E-state index contributed by atoms with van der Waals surface area (Å²) in [6, 6.07) is 8.89. The fourth-order valence-corrected chi connectivity index (χ4v) is 2.94. The van der Waals surface area contributed by atoms with Crippen LogP contribution in [0.5, 0.6) is 0 Å². The number of halogens is 2. The first-order chi connectivity index (χ1) is 9.58. The highest BCUT2D eigenvalue weighted by atomic mass is 79.9. The van der Waals surface area contributed by atoms with Crippen LogP contribution < -0.4 is 4.90 Å². The zero-order valence-corrected chi connectivity index (χ0v) is 13.3. The molecular weight excluding hydrogens is 388 g/mol. The van der Waals surface area contributed by atoms with E-state index >= 15 is 0 Å². The molecule has 2 heterocycles. The van der Waals surface area contributed by atoms with Crippen molar-refractivity contribution in [2.75, 3.05) is 4.90 Å². The van der Waals surface area contributed by atoms with E-state index in [4.69, 9.17) is 0 Å². The van der Waals surface area contributed by atoms with Gasteiger partial charge in [-0.15, -0.1) is 0 Å². The number of hydrogen-bond acceptors (Lipinski definition) is 3. The van der Waals surface area contributed by atoms with Gasteiger partial charge in [0.25, 0.3) is 11.7 Å². The highest BCUT2D eigenvalue weighted by molar-refractivity contribution is 9.10. The highest BCUT2D eigenvalue weighted by Gasteiger charge is 2.37. The predicted molar refractivity (Wildman–Crippen MR) is 81.6 cm³/mol. The highest BCUT2D eigenvalue weighted by Crippen LogP contribution is 2.36. The molecule has 1 aromatic heterocycles. The molecule has 0 spiro atoms. The standard InChI is InChI=1S/C14H8Br2N2O2/c15-8-4-5-9(17-6-8)7-18-12-10(13(19)14(18)20)2-1-3-11(12)16/h1-6H,7H2. The van der Waals surface area contributed by atoms with E-state index in [1.807, 2.05) is 18.2 Å². The van der Waals surface area contributed by atoms with Crippen molar-refractivity contribution in [1.29, 1.82) is 0 Å². The van der Waals surface area contributed by atoms with E-state index in [2.05, 4.69) is 36.8 Å². The van der Waals surface area contributed by atoms with Crippen LogP contribution in [0, 0.1) is 0 Å². The molecule has 4 nitrogen and oxygen atoms in total. The lowest BCUT2D eigenvalue weighted by molar-refractivity contribution is -0.114. The van der Waals surface area contributed by atoms with E-state index in [0.29, 0.717) is 11.3 Å². The molecular formula is C14H8Br2N2O2. The normalized spacial score (nSPS) is 13.8. The molecule has 2 aromatic rings. The summed E-state index contributed by atoms with van der Waals surface area (Å²) < 4.78 is 1.60. The van der Waals surface area contributed by atoms with Crippen molar-refractivity contribution in [2.45, 2.75) is 6.54 Å². The maximum absolute atomic E-state index is 12.1. The summed E-state index contributed by atoms with van der Waals surface area (Å²) in [6.07, 6.45) is 1.67. The number of para-hydroxylation sites is 1. The molecule has 0 unspecified atom stereocenters. The quantitative estimate of drug-likeness (QED) is 0.732. The van der Waals surface area contributed by atoms with E-state index in [-0.39, 0.29) is 6.54 Å². The molecule has 1 amide bonds. The molecule has 0 aliphatic carbocycles. The first-order valence-electron chi connectivity index (χ1n) is 5.83. The number of carbonyl (C=O) groups excluding carboxylic acids is 2. The Morgan fingerprint density at radius 1 is 1.10 bits per heavy atom. The Morgan fingerprint density at radius 3 is 2.60 bits per heavy atom. The Balaban J connectivity index is 2.01. The molecule has 0 saturated carbocycles. The summed E-state index contributed by atoms with van der Waals surface area (Å²) >= 11 is 6.71. The Bertz CT molecular complexity index is 714. The van der Waals surface area contributed by atoms with E-state index in [1.165, 1.54) is 4.90 Å². The van der Waals surface area contributed by atoms with Gasteiger partial charge in [0.2, 0.25) is 0 Å². The molecule has 3 rings (SSSR count). The van der Waals surface area contributed by atoms with Crippen molar-refractivity contribution in [2.24, 2.45) is 0 Å². The Kier molecular flexibility index (Phi) is 3.43. The third-order valence-corrected chi connectivity index (χ3v) is 4.16. The van der Waals surface area contributed by atoms with Gasteiger partial charge in [-0.25, -0.2) is 0 Å². The third kappa shape index (κ3) is 2.19. The maximum Gasteiger partial charge on any atom is 0.299 e. The van der Waals surface area contributed by atoms with E-state index in [1.54, 1.807) is 18.3 Å². The molecule has 0 radical (unpaired) electrons. The number of amides is 1. The van der Waals surface area contributed by atoms with Crippen molar-refractivity contribution in [3.05, 3.63) is 56.7 Å². The van der Waals surface area contributed by atoms with Crippen molar-refractivity contribution >= 4 is 49.2 Å². The topological polar surface area (TPSA) is 50.3 Å². The lowest BCUT2D eigenvalue weighted by atomic mass is 10.1. The summed E-state index contributed by atoms with van der Waals surface area (Å²) in [4.78, 5) is 29.8. The molecule has 20 heavy (non-hydrogen) atoms. The van der Waals surface area contributed by atoms with Gasteiger partial charge in [0, 0.05) is 15.1 Å². The van der Waals surface area contributed by atoms with Crippen molar-refractivity contribution < 1.29 is 9.59 Å². The van der Waals surface area contributed by atoms with Crippen LogP contribution in [0.1, 0.15) is 16.1 Å².